The van der Waals surface area contributed by atoms with Crippen LogP contribution < -0.4 is 16.0 Å². The van der Waals surface area contributed by atoms with Gasteiger partial charge in [0.1, 0.15) is 0 Å². The number of hydrogen-bond donors (Lipinski definition) is 3. The maximum Gasteiger partial charge on any atom is 0.416 e. The lowest BCUT2D eigenvalue weighted by Crippen LogP contribution is -2.54. The maximum atomic E-state index is 13.1. The average Bonchev–Trinajstić information content (AvgIpc) is 2.54. The summed E-state index contributed by atoms with van der Waals surface area (Å²) in [6.45, 7) is 0. The van der Waals surface area contributed by atoms with Crippen LogP contribution in [0.3, 0.4) is 0 Å². The van der Waals surface area contributed by atoms with Gasteiger partial charge in [0.25, 0.3) is 5.91 Å². The molecule has 0 bridgehead atoms. The lowest BCUT2D eigenvalue weighted by atomic mass is 9.79. The van der Waals surface area contributed by atoms with Crippen LogP contribution in [-0.2, 0) is 21.3 Å². The van der Waals surface area contributed by atoms with Crippen molar-refractivity contribution >= 4 is 28.9 Å². The van der Waals surface area contributed by atoms with Gasteiger partial charge in [-0.05, 0) is 30.3 Å². The lowest BCUT2D eigenvalue weighted by Gasteiger charge is -2.42. The monoisotopic (exact) mass is 347 g/mol. The van der Waals surface area contributed by atoms with Gasteiger partial charge < -0.3 is 16.0 Å². The van der Waals surface area contributed by atoms with E-state index in [0.29, 0.717) is 11.4 Å². The summed E-state index contributed by atoms with van der Waals surface area (Å²) in [6, 6.07) is 9.78. The molecule has 2 amide bonds. The molecule has 1 atom stereocenters. The molecule has 2 heterocycles. The second-order valence-electron chi connectivity index (χ2n) is 6.01. The molecule has 0 aromatic heterocycles. The Morgan fingerprint density at radius 1 is 0.920 bits per heavy atom. The molecule has 3 N–H and O–H groups in total. The molecular formula is C17H12F3N3O2. The van der Waals surface area contributed by atoms with Crippen LogP contribution in [0.15, 0.2) is 42.5 Å². The van der Waals surface area contributed by atoms with Crippen molar-refractivity contribution in [1.82, 2.24) is 0 Å². The van der Waals surface area contributed by atoms with E-state index in [1.165, 1.54) is 6.07 Å². The second kappa shape index (κ2) is 4.98. The summed E-state index contributed by atoms with van der Waals surface area (Å²) in [4.78, 5) is 24.9. The van der Waals surface area contributed by atoms with E-state index in [-0.39, 0.29) is 17.7 Å². The third kappa shape index (κ3) is 2.33. The van der Waals surface area contributed by atoms with E-state index < -0.39 is 29.1 Å². The number of halogens is 3. The van der Waals surface area contributed by atoms with Crippen molar-refractivity contribution in [2.24, 2.45) is 0 Å². The molecule has 4 rings (SSSR count). The Bertz CT molecular complexity index is 910. The molecule has 25 heavy (non-hydrogen) atoms. The van der Waals surface area contributed by atoms with Crippen LogP contribution in [0.1, 0.15) is 17.5 Å². The second-order valence-corrected chi connectivity index (χ2v) is 6.01. The first-order valence-corrected chi connectivity index (χ1v) is 7.50. The first kappa shape index (κ1) is 15.5. The van der Waals surface area contributed by atoms with Crippen LogP contribution in [0, 0.1) is 0 Å². The molecular weight excluding hydrogens is 335 g/mol. The molecule has 0 aliphatic carbocycles. The van der Waals surface area contributed by atoms with Gasteiger partial charge >= 0.3 is 6.18 Å². The molecule has 2 aromatic rings. The Hall–Kier alpha value is -3.03. The van der Waals surface area contributed by atoms with Crippen molar-refractivity contribution < 1.29 is 22.8 Å². The van der Waals surface area contributed by atoms with Gasteiger partial charge in [-0.2, -0.15) is 13.2 Å². The number of amides is 2. The molecule has 2 aliphatic rings. The summed E-state index contributed by atoms with van der Waals surface area (Å²) in [5, 5.41) is 8.19. The summed E-state index contributed by atoms with van der Waals surface area (Å²) < 4.78 is 39.4. The quantitative estimate of drug-likeness (QED) is 0.685. The number of hydrogen-bond acceptors (Lipinski definition) is 3. The first-order valence-electron chi connectivity index (χ1n) is 7.50. The Morgan fingerprint density at radius 3 is 2.36 bits per heavy atom. The van der Waals surface area contributed by atoms with Crippen molar-refractivity contribution in [3.8, 4) is 0 Å². The normalized spacial score (nSPS) is 21.7. The Labute approximate surface area is 140 Å². The fourth-order valence-corrected chi connectivity index (χ4v) is 3.24. The molecule has 1 unspecified atom stereocenters. The number of alkyl halides is 3. The fourth-order valence-electron chi connectivity index (χ4n) is 3.24. The lowest BCUT2D eigenvalue weighted by molar-refractivity contribution is -0.137. The number of carbonyl (C=O) groups excluding carboxylic acids is 2. The number of para-hydroxylation sites is 2. The molecule has 1 spiro atoms. The van der Waals surface area contributed by atoms with Crippen LogP contribution in [0.25, 0.3) is 0 Å². The Kier molecular flexibility index (Phi) is 3.09. The van der Waals surface area contributed by atoms with Crippen molar-refractivity contribution in [3.05, 3.63) is 53.6 Å². The number of benzene rings is 2. The van der Waals surface area contributed by atoms with E-state index in [9.17, 15) is 22.8 Å². The number of fused-ring (bicyclic) bond motifs is 3. The van der Waals surface area contributed by atoms with Crippen LogP contribution in [0.2, 0.25) is 0 Å². The van der Waals surface area contributed by atoms with E-state index in [2.05, 4.69) is 16.0 Å². The number of nitrogens with one attached hydrogen (secondary N) is 3. The van der Waals surface area contributed by atoms with Gasteiger partial charge in [-0.15, -0.1) is 0 Å². The smallest absolute Gasteiger partial charge is 0.365 e. The highest BCUT2D eigenvalue weighted by Gasteiger charge is 2.50. The molecule has 0 fully saturated rings. The first-order chi connectivity index (χ1) is 11.8. The van der Waals surface area contributed by atoms with E-state index in [1.807, 2.05) is 0 Å². The summed E-state index contributed by atoms with van der Waals surface area (Å²) in [6.07, 6.45) is -4.86. The molecule has 2 aromatic carbocycles. The topological polar surface area (TPSA) is 70.2 Å². The highest BCUT2D eigenvalue weighted by molar-refractivity contribution is 6.12. The van der Waals surface area contributed by atoms with Gasteiger partial charge in [0.05, 0.1) is 23.4 Å². The minimum Gasteiger partial charge on any atom is -0.365 e. The van der Waals surface area contributed by atoms with Crippen LogP contribution in [0.5, 0.6) is 0 Å². The largest absolute Gasteiger partial charge is 0.416 e. The van der Waals surface area contributed by atoms with Crippen molar-refractivity contribution in [2.75, 3.05) is 16.0 Å². The van der Waals surface area contributed by atoms with Crippen molar-refractivity contribution in [1.29, 1.82) is 0 Å². The third-order valence-electron chi connectivity index (χ3n) is 4.42. The highest BCUT2D eigenvalue weighted by atomic mass is 19.4. The molecule has 2 aliphatic heterocycles. The van der Waals surface area contributed by atoms with Gasteiger partial charge in [0.15, 0.2) is 5.54 Å². The summed E-state index contributed by atoms with van der Waals surface area (Å²) in [5.41, 5.74) is -1.14. The van der Waals surface area contributed by atoms with Crippen LogP contribution in [-0.4, -0.2) is 11.8 Å². The van der Waals surface area contributed by atoms with E-state index in [1.54, 1.807) is 24.3 Å². The average molecular weight is 347 g/mol. The van der Waals surface area contributed by atoms with Gasteiger partial charge in [-0.25, -0.2) is 0 Å². The molecule has 0 saturated heterocycles. The number of anilines is 3. The zero-order chi connectivity index (χ0) is 17.8. The van der Waals surface area contributed by atoms with Crippen molar-refractivity contribution in [3.63, 3.8) is 0 Å². The predicted molar refractivity (Wildman–Crippen MR) is 85.1 cm³/mol. The Morgan fingerprint density at radius 2 is 1.64 bits per heavy atom. The standard InChI is InChI=1S/C17H12F3N3O2/c18-17(19,20)9-5-6-11-10(7-9)16(8-14(24)21-11)15(25)22-12-3-1-2-4-13(12)23-16/h1-7,23H,8H2,(H,21,24)(H,22,25). The molecule has 0 radical (unpaired) electrons. The van der Waals surface area contributed by atoms with Gasteiger partial charge in [0.2, 0.25) is 5.91 Å². The SMILES string of the molecule is O=C1CC2(Nc3ccccc3NC2=O)c2cc(C(F)(F)F)ccc2N1. The van der Waals surface area contributed by atoms with Gasteiger partial charge in [-0.3, -0.25) is 9.59 Å². The van der Waals surface area contributed by atoms with Gasteiger partial charge in [0, 0.05) is 11.3 Å². The van der Waals surface area contributed by atoms with Crippen LogP contribution >= 0.6 is 0 Å². The van der Waals surface area contributed by atoms with Crippen molar-refractivity contribution in [2.45, 2.75) is 18.1 Å². The summed E-state index contributed by atoms with van der Waals surface area (Å²) in [5.74, 6) is -1.02. The summed E-state index contributed by atoms with van der Waals surface area (Å²) in [7, 11) is 0. The number of carbonyl (C=O) groups is 2. The number of rotatable bonds is 0. The zero-order valence-electron chi connectivity index (χ0n) is 12.7. The Balaban J connectivity index is 1.92. The molecule has 8 heteroatoms. The third-order valence-corrected chi connectivity index (χ3v) is 4.42. The minimum absolute atomic E-state index is 0.0916. The molecule has 128 valence electrons. The predicted octanol–water partition coefficient (Wildman–Crippen LogP) is 3.31. The summed E-state index contributed by atoms with van der Waals surface area (Å²) >= 11 is 0. The van der Waals surface area contributed by atoms with E-state index in [4.69, 9.17) is 0 Å². The van der Waals surface area contributed by atoms with E-state index in [0.717, 1.165) is 12.1 Å². The highest BCUT2D eigenvalue weighted by Crippen LogP contribution is 2.45. The minimum atomic E-state index is -4.55. The van der Waals surface area contributed by atoms with E-state index >= 15 is 0 Å². The zero-order valence-corrected chi connectivity index (χ0v) is 12.7. The maximum absolute atomic E-state index is 13.1. The molecule has 0 saturated carbocycles. The van der Waals surface area contributed by atoms with Gasteiger partial charge in [-0.1, -0.05) is 12.1 Å². The fraction of sp³-hybridized carbons (Fsp3) is 0.176. The molecule has 5 nitrogen and oxygen atoms in total. The van der Waals surface area contributed by atoms with Crippen LogP contribution in [0.4, 0.5) is 30.2 Å².